The first kappa shape index (κ1) is 11.3. The Kier molecular flexibility index (Phi) is 4.23. The van der Waals surface area contributed by atoms with E-state index in [-0.39, 0.29) is 5.97 Å². The lowest BCUT2D eigenvalue weighted by Crippen LogP contribution is -2.03. The first-order chi connectivity index (χ1) is 6.59. The predicted octanol–water partition coefficient (Wildman–Crippen LogP) is 3.10. The fourth-order valence-electron chi connectivity index (χ4n) is 1.04. The maximum atomic E-state index is 10.5. The number of halogens is 2. The summed E-state index contributed by atoms with van der Waals surface area (Å²) in [7, 11) is 0. The lowest BCUT2D eigenvalue weighted by molar-refractivity contribution is -0.140. The smallest absolute Gasteiger partial charge is 0.302 e. The summed E-state index contributed by atoms with van der Waals surface area (Å²) in [5, 5.41) is 1.27. The molecule has 0 heterocycles. The Morgan fingerprint density at radius 3 is 2.79 bits per heavy atom. The zero-order valence-corrected chi connectivity index (χ0v) is 9.23. The summed E-state index contributed by atoms with van der Waals surface area (Å²) in [6.07, 6.45) is 0.582. The fraction of sp³-hybridized carbons (Fsp3) is 0.300. The molecule has 1 aromatic carbocycles. The van der Waals surface area contributed by atoms with E-state index >= 15 is 0 Å². The second-order valence-electron chi connectivity index (χ2n) is 2.83. The molecule has 76 valence electrons. The van der Waals surface area contributed by atoms with Crippen molar-refractivity contribution in [1.82, 2.24) is 0 Å². The van der Waals surface area contributed by atoms with Gasteiger partial charge in [-0.1, -0.05) is 23.2 Å². The van der Waals surface area contributed by atoms with Crippen LogP contribution < -0.4 is 0 Å². The molecule has 0 bridgehead atoms. The Morgan fingerprint density at radius 1 is 1.43 bits per heavy atom. The Balaban J connectivity index is 2.57. The highest BCUT2D eigenvalue weighted by molar-refractivity contribution is 6.33. The number of hydrogen-bond acceptors (Lipinski definition) is 2. The van der Waals surface area contributed by atoms with Crippen LogP contribution in [0.15, 0.2) is 18.2 Å². The molecule has 4 heteroatoms. The summed E-state index contributed by atoms with van der Waals surface area (Å²) in [4.78, 5) is 10.5. The van der Waals surface area contributed by atoms with Gasteiger partial charge in [-0.15, -0.1) is 0 Å². The topological polar surface area (TPSA) is 26.3 Å². The number of carbonyl (C=O) groups excluding carboxylic acids is 1. The van der Waals surface area contributed by atoms with Crippen molar-refractivity contribution in [2.24, 2.45) is 0 Å². The van der Waals surface area contributed by atoms with E-state index < -0.39 is 0 Å². The van der Waals surface area contributed by atoms with Gasteiger partial charge in [0.25, 0.3) is 0 Å². The average molecular weight is 233 g/mol. The van der Waals surface area contributed by atoms with E-state index in [0.717, 1.165) is 5.56 Å². The minimum absolute atomic E-state index is 0.289. The van der Waals surface area contributed by atoms with E-state index in [9.17, 15) is 4.79 Å². The standard InChI is InChI=1S/C10H10Cl2O2/c1-7(13)14-5-4-8-6-9(11)2-3-10(8)12/h2-3,6H,4-5H2,1H3. The molecule has 0 radical (unpaired) electrons. The first-order valence-electron chi connectivity index (χ1n) is 4.17. The van der Waals surface area contributed by atoms with Crippen molar-refractivity contribution >= 4 is 29.2 Å². The van der Waals surface area contributed by atoms with Crippen LogP contribution >= 0.6 is 23.2 Å². The van der Waals surface area contributed by atoms with Crippen LogP contribution in [0.4, 0.5) is 0 Å². The summed E-state index contributed by atoms with van der Waals surface area (Å²) in [6.45, 7) is 1.70. The molecule has 0 unspecified atom stereocenters. The van der Waals surface area contributed by atoms with Gasteiger partial charge in [-0.05, 0) is 23.8 Å². The number of rotatable bonds is 3. The largest absolute Gasteiger partial charge is 0.466 e. The van der Waals surface area contributed by atoms with Crippen LogP contribution in [0.2, 0.25) is 10.0 Å². The van der Waals surface area contributed by atoms with Gasteiger partial charge in [0.15, 0.2) is 0 Å². The Labute approximate surface area is 92.8 Å². The summed E-state index contributed by atoms with van der Waals surface area (Å²) >= 11 is 11.7. The van der Waals surface area contributed by atoms with E-state index in [1.54, 1.807) is 18.2 Å². The van der Waals surface area contributed by atoms with Gasteiger partial charge in [0.2, 0.25) is 0 Å². The van der Waals surface area contributed by atoms with E-state index in [0.29, 0.717) is 23.1 Å². The van der Waals surface area contributed by atoms with Crippen molar-refractivity contribution in [3.05, 3.63) is 33.8 Å². The van der Waals surface area contributed by atoms with Crippen LogP contribution in [0, 0.1) is 0 Å². The Morgan fingerprint density at radius 2 is 2.14 bits per heavy atom. The average Bonchev–Trinajstić information content (AvgIpc) is 2.10. The molecule has 1 rings (SSSR count). The normalized spacial score (nSPS) is 9.93. The van der Waals surface area contributed by atoms with Gasteiger partial charge in [-0.2, -0.15) is 0 Å². The summed E-state index contributed by atoms with van der Waals surface area (Å²) < 4.78 is 4.80. The second kappa shape index (κ2) is 5.23. The van der Waals surface area contributed by atoms with Gasteiger partial charge in [0.1, 0.15) is 0 Å². The molecule has 0 saturated carbocycles. The van der Waals surface area contributed by atoms with E-state index in [4.69, 9.17) is 27.9 Å². The summed E-state index contributed by atoms with van der Waals surface area (Å²) in [6, 6.07) is 5.22. The highest BCUT2D eigenvalue weighted by Gasteiger charge is 2.02. The molecule has 0 saturated heterocycles. The molecule has 0 amide bonds. The van der Waals surface area contributed by atoms with Gasteiger partial charge in [-0.3, -0.25) is 4.79 Å². The maximum Gasteiger partial charge on any atom is 0.302 e. The predicted molar refractivity (Wildman–Crippen MR) is 56.8 cm³/mol. The molecule has 0 N–H and O–H groups in total. The molecular formula is C10H10Cl2O2. The molecule has 0 aliphatic rings. The summed E-state index contributed by atoms with van der Waals surface area (Å²) in [5.41, 5.74) is 0.889. The number of benzene rings is 1. The first-order valence-corrected chi connectivity index (χ1v) is 4.92. The lowest BCUT2D eigenvalue weighted by Gasteiger charge is -2.04. The number of hydrogen-bond donors (Lipinski definition) is 0. The monoisotopic (exact) mass is 232 g/mol. The number of ether oxygens (including phenoxy) is 1. The maximum absolute atomic E-state index is 10.5. The molecule has 0 spiro atoms. The quantitative estimate of drug-likeness (QED) is 0.750. The molecule has 14 heavy (non-hydrogen) atoms. The highest BCUT2D eigenvalue weighted by atomic mass is 35.5. The van der Waals surface area contributed by atoms with Crippen molar-refractivity contribution in [3.8, 4) is 0 Å². The zero-order chi connectivity index (χ0) is 10.6. The lowest BCUT2D eigenvalue weighted by atomic mass is 10.2. The Bertz CT molecular complexity index is 337. The van der Waals surface area contributed by atoms with Gasteiger partial charge < -0.3 is 4.74 Å². The third-order valence-electron chi connectivity index (χ3n) is 1.68. The minimum atomic E-state index is -0.289. The number of carbonyl (C=O) groups is 1. The number of esters is 1. The summed E-state index contributed by atoms with van der Waals surface area (Å²) in [5.74, 6) is -0.289. The SMILES string of the molecule is CC(=O)OCCc1cc(Cl)ccc1Cl. The van der Waals surface area contributed by atoms with Gasteiger partial charge in [-0.25, -0.2) is 0 Å². The molecule has 0 fully saturated rings. The van der Waals surface area contributed by atoms with Crippen molar-refractivity contribution in [3.63, 3.8) is 0 Å². The molecule has 2 nitrogen and oxygen atoms in total. The minimum Gasteiger partial charge on any atom is -0.466 e. The molecule has 0 atom stereocenters. The Hall–Kier alpha value is -0.730. The van der Waals surface area contributed by atoms with E-state index in [1.165, 1.54) is 6.92 Å². The van der Waals surface area contributed by atoms with Gasteiger partial charge in [0, 0.05) is 23.4 Å². The van der Waals surface area contributed by atoms with E-state index in [2.05, 4.69) is 0 Å². The third-order valence-corrected chi connectivity index (χ3v) is 2.29. The molecule has 0 aliphatic carbocycles. The van der Waals surface area contributed by atoms with Crippen LogP contribution in [0.25, 0.3) is 0 Å². The zero-order valence-electron chi connectivity index (χ0n) is 7.72. The third kappa shape index (κ3) is 3.56. The van der Waals surface area contributed by atoms with Crippen LogP contribution in [0.3, 0.4) is 0 Å². The highest BCUT2D eigenvalue weighted by Crippen LogP contribution is 2.20. The fourth-order valence-corrected chi connectivity index (χ4v) is 1.45. The van der Waals surface area contributed by atoms with Crippen molar-refractivity contribution < 1.29 is 9.53 Å². The van der Waals surface area contributed by atoms with Crippen LogP contribution in [0.1, 0.15) is 12.5 Å². The molecule has 0 aliphatic heterocycles. The van der Waals surface area contributed by atoms with Crippen molar-refractivity contribution in [1.29, 1.82) is 0 Å². The van der Waals surface area contributed by atoms with E-state index in [1.807, 2.05) is 0 Å². The molecule has 0 aromatic heterocycles. The van der Waals surface area contributed by atoms with Crippen LogP contribution in [-0.4, -0.2) is 12.6 Å². The molecule has 1 aromatic rings. The van der Waals surface area contributed by atoms with Gasteiger partial charge >= 0.3 is 5.97 Å². The molecular weight excluding hydrogens is 223 g/mol. The van der Waals surface area contributed by atoms with Crippen molar-refractivity contribution in [2.45, 2.75) is 13.3 Å². The van der Waals surface area contributed by atoms with Crippen LogP contribution in [-0.2, 0) is 16.0 Å². The van der Waals surface area contributed by atoms with Crippen LogP contribution in [0.5, 0.6) is 0 Å². The van der Waals surface area contributed by atoms with Crippen molar-refractivity contribution in [2.75, 3.05) is 6.61 Å². The van der Waals surface area contributed by atoms with Gasteiger partial charge in [0.05, 0.1) is 6.61 Å². The second-order valence-corrected chi connectivity index (χ2v) is 3.67.